The molecular weight excluding hydrogens is 302 g/mol. The van der Waals surface area contributed by atoms with Crippen molar-refractivity contribution in [2.24, 2.45) is 11.1 Å². The Morgan fingerprint density at radius 3 is 2.35 bits per heavy atom. The highest BCUT2D eigenvalue weighted by Crippen LogP contribution is 2.23. The fourth-order valence-electron chi connectivity index (χ4n) is 1.66. The molecule has 126 valence electrons. The van der Waals surface area contributed by atoms with E-state index in [1.807, 2.05) is 18.2 Å². The molecule has 0 saturated heterocycles. The van der Waals surface area contributed by atoms with Crippen molar-refractivity contribution in [2.75, 3.05) is 6.61 Å². The summed E-state index contributed by atoms with van der Waals surface area (Å²) in [6.45, 7) is 2.73. The van der Waals surface area contributed by atoms with E-state index in [9.17, 15) is 14.4 Å². The number of carboxylic acid groups (broad SMARTS) is 1. The van der Waals surface area contributed by atoms with E-state index in [0.717, 1.165) is 5.56 Å². The summed E-state index contributed by atoms with van der Waals surface area (Å²) in [5.41, 5.74) is 5.28. The van der Waals surface area contributed by atoms with E-state index in [0.29, 0.717) is 0 Å². The molecule has 0 aliphatic carbocycles. The van der Waals surface area contributed by atoms with Crippen molar-refractivity contribution in [1.82, 2.24) is 0 Å². The number of nitrogens with two attached hydrogens (primary N) is 1. The first-order chi connectivity index (χ1) is 10.7. The van der Waals surface area contributed by atoms with Gasteiger partial charge in [0.15, 0.2) is 0 Å². The fourth-order valence-corrected chi connectivity index (χ4v) is 1.66. The molecule has 0 spiro atoms. The number of hydrogen-bond acceptors (Lipinski definition) is 6. The summed E-state index contributed by atoms with van der Waals surface area (Å²) in [5.74, 6) is -2.56. The Labute approximate surface area is 134 Å². The van der Waals surface area contributed by atoms with Gasteiger partial charge in [-0.25, -0.2) is 0 Å². The molecule has 0 aliphatic heterocycles. The molecule has 0 radical (unpaired) electrons. The molecule has 0 aliphatic rings. The third-order valence-electron chi connectivity index (χ3n) is 3.33. The smallest absolute Gasteiger partial charge is 0.324 e. The highest BCUT2D eigenvalue weighted by Gasteiger charge is 2.41. The van der Waals surface area contributed by atoms with Gasteiger partial charge in [0.05, 0.1) is 11.8 Å². The van der Waals surface area contributed by atoms with Gasteiger partial charge in [0, 0.05) is 0 Å². The summed E-state index contributed by atoms with van der Waals surface area (Å²) in [4.78, 5) is 34.3. The van der Waals surface area contributed by atoms with Crippen molar-refractivity contribution in [3.8, 4) is 0 Å². The van der Waals surface area contributed by atoms with Gasteiger partial charge in [-0.1, -0.05) is 30.3 Å². The first kappa shape index (κ1) is 18.6. The third kappa shape index (κ3) is 5.71. The minimum Gasteiger partial charge on any atom is -0.481 e. The fraction of sp³-hybridized carbons (Fsp3) is 0.438. The Bertz CT molecular complexity index is 555. The van der Waals surface area contributed by atoms with Crippen molar-refractivity contribution in [2.45, 2.75) is 32.9 Å². The molecule has 1 rings (SSSR count). The summed E-state index contributed by atoms with van der Waals surface area (Å²) < 4.78 is 9.95. The van der Waals surface area contributed by atoms with Gasteiger partial charge in [0.2, 0.25) is 0 Å². The zero-order chi connectivity index (χ0) is 17.5. The van der Waals surface area contributed by atoms with Crippen LogP contribution in [-0.2, 0) is 30.5 Å². The lowest BCUT2D eigenvalue weighted by molar-refractivity contribution is -0.164. The van der Waals surface area contributed by atoms with Gasteiger partial charge in [-0.15, -0.1) is 0 Å². The minimum absolute atomic E-state index is 0.0733. The summed E-state index contributed by atoms with van der Waals surface area (Å²) >= 11 is 0. The minimum atomic E-state index is -1.30. The number of esters is 2. The number of rotatable bonds is 8. The molecule has 0 bridgehead atoms. The molecule has 1 atom stereocenters. The normalized spacial score (nSPS) is 12.3. The molecule has 3 N–H and O–H groups in total. The van der Waals surface area contributed by atoms with Crippen LogP contribution in [0.4, 0.5) is 0 Å². The van der Waals surface area contributed by atoms with E-state index in [4.69, 9.17) is 20.3 Å². The molecule has 7 nitrogen and oxygen atoms in total. The second-order valence-corrected chi connectivity index (χ2v) is 5.57. The number of aliphatic carboxylic acids is 1. The Hall–Kier alpha value is -2.41. The lowest BCUT2D eigenvalue weighted by Crippen LogP contribution is -2.50. The van der Waals surface area contributed by atoms with Gasteiger partial charge in [-0.2, -0.15) is 0 Å². The van der Waals surface area contributed by atoms with Gasteiger partial charge in [0.1, 0.15) is 19.3 Å². The quantitative estimate of drug-likeness (QED) is 0.688. The predicted octanol–water partition coefficient (Wildman–Crippen LogP) is 1.10. The molecular formula is C16H21NO6. The van der Waals surface area contributed by atoms with E-state index < -0.39 is 29.4 Å². The number of hydrogen-bond donors (Lipinski definition) is 2. The first-order valence-electron chi connectivity index (χ1n) is 7.10. The average molecular weight is 323 g/mol. The van der Waals surface area contributed by atoms with E-state index in [1.54, 1.807) is 12.1 Å². The van der Waals surface area contributed by atoms with Crippen LogP contribution in [-0.4, -0.2) is 35.7 Å². The van der Waals surface area contributed by atoms with Crippen molar-refractivity contribution >= 4 is 17.9 Å². The zero-order valence-electron chi connectivity index (χ0n) is 13.2. The Morgan fingerprint density at radius 2 is 1.78 bits per heavy atom. The molecule has 0 heterocycles. The molecule has 1 aromatic rings. The van der Waals surface area contributed by atoms with E-state index in [-0.39, 0.29) is 19.6 Å². The van der Waals surface area contributed by atoms with Crippen LogP contribution < -0.4 is 5.73 Å². The van der Waals surface area contributed by atoms with E-state index in [2.05, 4.69) is 0 Å². The lowest BCUT2D eigenvalue weighted by Gasteiger charge is -2.27. The summed E-state index contributed by atoms with van der Waals surface area (Å²) in [6.07, 6.45) is -0.322. The third-order valence-corrected chi connectivity index (χ3v) is 3.33. The maximum absolute atomic E-state index is 12.2. The second-order valence-electron chi connectivity index (χ2n) is 5.57. The number of ether oxygens (including phenoxy) is 2. The Morgan fingerprint density at radius 1 is 1.17 bits per heavy atom. The Balaban J connectivity index is 2.55. The lowest BCUT2D eigenvalue weighted by atomic mass is 9.85. The standard InChI is InChI=1S/C16H21NO6/c1-16(2,13(17)14(20)22-9-8-12(18)19)15(21)23-10-11-6-4-3-5-7-11/h3-7,13H,8-10,17H2,1-2H3,(H,18,19)/t13-/m1/s1. The maximum Gasteiger partial charge on any atom is 0.324 e. The van der Waals surface area contributed by atoms with Crippen LogP contribution in [0.3, 0.4) is 0 Å². The van der Waals surface area contributed by atoms with Crippen molar-refractivity contribution < 1.29 is 29.0 Å². The van der Waals surface area contributed by atoms with Gasteiger partial charge in [-0.05, 0) is 19.4 Å². The topological polar surface area (TPSA) is 116 Å². The highest BCUT2D eigenvalue weighted by molar-refractivity contribution is 5.87. The molecule has 0 aromatic heterocycles. The zero-order valence-corrected chi connectivity index (χ0v) is 13.2. The second kappa shape index (κ2) is 8.28. The van der Waals surface area contributed by atoms with Crippen molar-refractivity contribution in [3.05, 3.63) is 35.9 Å². The average Bonchev–Trinajstić information content (AvgIpc) is 2.52. The number of carboxylic acids is 1. The largest absolute Gasteiger partial charge is 0.481 e. The van der Waals surface area contributed by atoms with Crippen molar-refractivity contribution in [1.29, 1.82) is 0 Å². The predicted molar refractivity (Wildman–Crippen MR) is 81.2 cm³/mol. The van der Waals surface area contributed by atoms with Gasteiger partial charge in [-0.3, -0.25) is 14.4 Å². The van der Waals surface area contributed by atoms with Crippen LogP contribution in [0.15, 0.2) is 30.3 Å². The van der Waals surface area contributed by atoms with Crippen LogP contribution in [0.25, 0.3) is 0 Å². The highest BCUT2D eigenvalue weighted by atomic mass is 16.5. The van der Waals surface area contributed by atoms with Gasteiger partial charge >= 0.3 is 17.9 Å². The number of carbonyl (C=O) groups excluding carboxylic acids is 2. The molecule has 0 fully saturated rings. The molecule has 0 saturated carbocycles. The summed E-state index contributed by atoms with van der Waals surface area (Å²) in [7, 11) is 0. The SMILES string of the molecule is CC(C)(C(=O)OCc1ccccc1)[C@H](N)C(=O)OCCC(=O)O. The molecule has 23 heavy (non-hydrogen) atoms. The monoisotopic (exact) mass is 323 g/mol. The van der Waals surface area contributed by atoms with Crippen LogP contribution in [0.2, 0.25) is 0 Å². The Kier molecular flexibility index (Phi) is 6.71. The van der Waals surface area contributed by atoms with E-state index >= 15 is 0 Å². The summed E-state index contributed by atoms with van der Waals surface area (Å²) in [6, 6.07) is 7.85. The molecule has 0 amide bonds. The van der Waals surface area contributed by atoms with Crippen molar-refractivity contribution in [3.63, 3.8) is 0 Å². The van der Waals surface area contributed by atoms with Crippen LogP contribution in [0.1, 0.15) is 25.8 Å². The molecule has 1 aromatic carbocycles. The van der Waals surface area contributed by atoms with E-state index in [1.165, 1.54) is 13.8 Å². The molecule has 0 unspecified atom stereocenters. The van der Waals surface area contributed by atoms with Crippen LogP contribution >= 0.6 is 0 Å². The first-order valence-corrected chi connectivity index (χ1v) is 7.10. The van der Waals surface area contributed by atoms with Crippen LogP contribution in [0.5, 0.6) is 0 Å². The number of benzene rings is 1. The summed E-state index contributed by atoms with van der Waals surface area (Å²) in [5, 5.41) is 8.49. The molecule has 7 heteroatoms. The van der Waals surface area contributed by atoms with Gasteiger partial charge < -0.3 is 20.3 Å². The van der Waals surface area contributed by atoms with Gasteiger partial charge in [0.25, 0.3) is 0 Å². The maximum atomic E-state index is 12.2. The number of carbonyl (C=O) groups is 3. The van der Waals surface area contributed by atoms with Crippen LogP contribution in [0, 0.1) is 5.41 Å².